The Balaban J connectivity index is 2.79. The van der Waals surface area contributed by atoms with E-state index in [1.807, 2.05) is 6.07 Å². The van der Waals surface area contributed by atoms with Crippen LogP contribution in [0.25, 0.3) is 10.1 Å². The third kappa shape index (κ3) is 1.38. The SMILES string of the molecule is Nc1cc(CCl)cc2scc(F)c12. The number of hydrogen-bond acceptors (Lipinski definition) is 2. The van der Waals surface area contributed by atoms with Crippen LogP contribution < -0.4 is 5.73 Å². The van der Waals surface area contributed by atoms with Crippen molar-refractivity contribution in [3.05, 3.63) is 28.9 Å². The van der Waals surface area contributed by atoms with E-state index >= 15 is 0 Å². The maximum atomic E-state index is 13.1. The molecule has 68 valence electrons. The van der Waals surface area contributed by atoms with Gasteiger partial charge in [-0.3, -0.25) is 0 Å². The highest BCUT2D eigenvalue weighted by Crippen LogP contribution is 2.31. The van der Waals surface area contributed by atoms with Crippen molar-refractivity contribution in [3.63, 3.8) is 0 Å². The van der Waals surface area contributed by atoms with Crippen LogP contribution in [0, 0.1) is 5.82 Å². The molecule has 0 spiro atoms. The fourth-order valence-corrected chi connectivity index (χ4v) is 2.35. The van der Waals surface area contributed by atoms with Crippen molar-refractivity contribution in [3.8, 4) is 0 Å². The van der Waals surface area contributed by atoms with Crippen LogP contribution in [0.15, 0.2) is 17.5 Å². The zero-order valence-corrected chi connectivity index (χ0v) is 8.25. The van der Waals surface area contributed by atoms with Crippen LogP contribution in [0.3, 0.4) is 0 Å². The van der Waals surface area contributed by atoms with Gasteiger partial charge in [-0.2, -0.15) is 0 Å². The molecule has 0 atom stereocenters. The van der Waals surface area contributed by atoms with E-state index in [9.17, 15) is 4.39 Å². The summed E-state index contributed by atoms with van der Waals surface area (Å²) in [7, 11) is 0. The molecule has 2 aromatic rings. The van der Waals surface area contributed by atoms with Crippen molar-refractivity contribution in [2.24, 2.45) is 0 Å². The molecule has 0 aliphatic rings. The molecule has 1 aromatic carbocycles. The molecule has 1 nitrogen and oxygen atoms in total. The van der Waals surface area contributed by atoms with E-state index in [1.165, 1.54) is 16.7 Å². The summed E-state index contributed by atoms with van der Waals surface area (Å²) >= 11 is 7.01. The fourth-order valence-electron chi connectivity index (χ4n) is 1.30. The summed E-state index contributed by atoms with van der Waals surface area (Å²) in [6.07, 6.45) is 0. The molecule has 0 fully saturated rings. The highest BCUT2D eigenvalue weighted by atomic mass is 35.5. The van der Waals surface area contributed by atoms with Crippen molar-refractivity contribution in [1.29, 1.82) is 0 Å². The van der Waals surface area contributed by atoms with Gasteiger partial charge in [-0.1, -0.05) is 0 Å². The minimum atomic E-state index is -0.251. The van der Waals surface area contributed by atoms with Crippen LogP contribution >= 0.6 is 22.9 Å². The lowest BCUT2D eigenvalue weighted by atomic mass is 10.1. The van der Waals surface area contributed by atoms with Crippen LogP contribution in [-0.2, 0) is 5.88 Å². The molecule has 0 amide bonds. The minimum Gasteiger partial charge on any atom is -0.398 e. The average Bonchev–Trinajstić information content (AvgIpc) is 2.48. The first-order chi connectivity index (χ1) is 6.22. The van der Waals surface area contributed by atoms with E-state index < -0.39 is 0 Å². The quantitative estimate of drug-likeness (QED) is 0.573. The van der Waals surface area contributed by atoms with Crippen LogP contribution in [-0.4, -0.2) is 0 Å². The number of fused-ring (bicyclic) bond motifs is 1. The molecule has 2 N–H and O–H groups in total. The lowest BCUT2D eigenvalue weighted by Crippen LogP contribution is -1.88. The maximum absolute atomic E-state index is 13.1. The Labute approximate surface area is 83.9 Å². The third-order valence-electron chi connectivity index (χ3n) is 1.87. The minimum absolute atomic E-state index is 0.251. The molecule has 0 saturated heterocycles. The number of hydrogen-bond donors (Lipinski definition) is 1. The molecule has 0 unspecified atom stereocenters. The predicted octanol–water partition coefficient (Wildman–Crippen LogP) is 3.36. The Morgan fingerprint density at radius 3 is 2.92 bits per heavy atom. The van der Waals surface area contributed by atoms with E-state index in [0.29, 0.717) is 17.0 Å². The first-order valence-electron chi connectivity index (χ1n) is 3.73. The second kappa shape index (κ2) is 3.16. The second-order valence-corrected chi connectivity index (χ2v) is 3.95. The van der Waals surface area contributed by atoms with Gasteiger partial charge in [0.2, 0.25) is 0 Å². The molecule has 0 aliphatic heterocycles. The number of thiophene rings is 1. The van der Waals surface area contributed by atoms with Gasteiger partial charge < -0.3 is 5.73 Å². The van der Waals surface area contributed by atoms with Crippen molar-refractivity contribution in [2.75, 3.05) is 5.73 Å². The first-order valence-corrected chi connectivity index (χ1v) is 5.15. The maximum Gasteiger partial charge on any atom is 0.143 e. The molecule has 0 aliphatic carbocycles. The van der Waals surface area contributed by atoms with E-state index in [2.05, 4.69) is 0 Å². The number of nitrogens with two attached hydrogens (primary N) is 1. The zero-order chi connectivity index (χ0) is 9.42. The van der Waals surface area contributed by atoms with Gasteiger partial charge in [-0.25, -0.2) is 4.39 Å². The number of benzene rings is 1. The summed E-state index contributed by atoms with van der Waals surface area (Å²) in [5, 5.41) is 1.97. The average molecular weight is 216 g/mol. The Hall–Kier alpha value is -0.800. The zero-order valence-electron chi connectivity index (χ0n) is 6.68. The number of nitrogen functional groups attached to an aromatic ring is 1. The van der Waals surface area contributed by atoms with Crippen LogP contribution in [0.2, 0.25) is 0 Å². The predicted molar refractivity (Wildman–Crippen MR) is 55.8 cm³/mol. The van der Waals surface area contributed by atoms with Crippen LogP contribution in [0.1, 0.15) is 5.56 Å². The summed E-state index contributed by atoms with van der Waals surface area (Å²) in [6.45, 7) is 0. The van der Waals surface area contributed by atoms with Crippen LogP contribution in [0.4, 0.5) is 10.1 Å². The Morgan fingerprint density at radius 1 is 1.46 bits per heavy atom. The lowest BCUT2D eigenvalue weighted by Gasteiger charge is -2.00. The number of rotatable bonds is 1. The Kier molecular flexibility index (Phi) is 2.14. The molecule has 0 saturated carbocycles. The van der Waals surface area contributed by atoms with Crippen molar-refractivity contribution in [1.82, 2.24) is 0 Å². The normalized spacial score (nSPS) is 10.9. The van der Waals surface area contributed by atoms with Gasteiger partial charge in [0.1, 0.15) is 5.82 Å². The molecule has 4 heteroatoms. The molecule has 0 bridgehead atoms. The molecular formula is C9H7ClFNS. The topological polar surface area (TPSA) is 26.0 Å². The van der Waals surface area contributed by atoms with Gasteiger partial charge in [-0.05, 0) is 17.7 Å². The summed E-state index contributed by atoms with van der Waals surface area (Å²) in [6, 6.07) is 3.58. The Bertz CT molecular complexity index is 452. The lowest BCUT2D eigenvalue weighted by molar-refractivity contribution is 0.644. The first kappa shape index (κ1) is 8.78. The van der Waals surface area contributed by atoms with Gasteiger partial charge in [-0.15, -0.1) is 22.9 Å². The van der Waals surface area contributed by atoms with Crippen LogP contribution in [0.5, 0.6) is 0 Å². The van der Waals surface area contributed by atoms with E-state index in [-0.39, 0.29) is 5.82 Å². The van der Waals surface area contributed by atoms with Gasteiger partial charge in [0.25, 0.3) is 0 Å². The summed E-state index contributed by atoms with van der Waals surface area (Å²) in [5.41, 5.74) is 7.08. The van der Waals surface area contributed by atoms with E-state index in [0.717, 1.165) is 10.3 Å². The van der Waals surface area contributed by atoms with E-state index in [1.54, 1.807) is 6.07 Å². The van der Waals surface area contributed by atoms with Gasteiger partial charge >= 0.3 is 0 Å². The molecule has 0 radical (unpaired) electrons. The van der Waals surface area contributed by atoms with Crippen molar-refractivity contribution >= 4 is 38.7 Å². The summed E-state index contributed by atoms with van der Waals surface area (Å²) in [4.78, 5) is 0. The highest BCUT2D eigenvalue weighted by Gasteiger charge is 2.07. The molecule has 1 aromatic heterocycles. The molecule has 2 rings (SSSR count). The number of alkyl halides is 1. The van der Waals surface area contributed by atoms with E-state index in [4.69, 9.17) is 17.3 Å². The monoisotopic (exact) mass is 215 g/mol. The Morgan fingerprint density at radius 2 is 2.23 bits per heavy atom. The number of halogens is 2. The third-order valence-corrected chi connectivity index (χ3v) is 3.08. The largest absolute Gasteiger partial charge is 0.398 e. The van der Waals surface area contributed by atoms with Gasteiger partial charge in [0, 0.05) is 21.6 Å². The second-order valence-electron chi connectivity index (χ2n) is 2.78. The molecule has 1 heterocycles. The fraction of sp³-hybridized carbons (Fsp3) is 0.111. The van der Waals surface area contributed by atoms with Gasteiger partial charge in [0.05, 0.1) is 5.39 Å². The standard InChI is InChI=1S/C9H7ClFNS/c10-3-5-1-7(12)9-6(11)4-13-8(9)2-5/h1-2,4H,3,12H2. The molecule has 13 heavy (non-hydrogen) atoms. The number of anilines is 1. The van der Waals surface area contributed by atoms with Crippen molar-refractivity contribution < 1.29 is 4.39 Å². The summed E-state index contributed by atoms with van der Waals surface area (Å²) < 4.78 is 14.0. The smallest absolute Gasteiger partial charge is 0.143 e. The summed E-state index contributed by atoms with van der Waals surface area (Å²) in [5.74, 6) is 0.151. The van der Waals surface area contributed by atoms with Gasteiger partial charge in [0.15, 0.2) is 0 Å². The van der Waals surface area contributed by atoms with Crippen molar-refractivity contribution in [2.45, 2.75) is 5.88 Å². The highest BCUT2D eigenvalue weighted by molar-refractivity contribution is 7.17. The molecular weight excluding hydrogens is 209 g/mol.